The molecule has 1 N–H and O–H groups in total. The van der Waals surface area contributed by atoms with Crippen molar-refractivity contribution in [2.75, 3.05) is 0 Å². The Balaban J connectivity index is 2.60. The molecule has 2 nitrogen and oxygen atoms in total. The van der Waals surface area contributed by atoms with Crippen molar-refractivity contribution in [3.8, 4) is 0 Å². The highest BCUT2D eigenvalue weighted by molar-refractivity contribution is 5.17. The first-order chi connectivity index (χ1) is 6.11. The van der Waals surface area contributed by atoms with Crippen LogP contribution < -0.4 is 0 Å². The van der Waals surface area contributed by atoms with E-state index in [1.807, 2.05) is 0 Å². The second-order valence-corrected chi connectivity index (χ2v) is 3.54. The highest BCUT2D eigenvalue weighted by atomic mass is 19.3. The number of aromatic amines is 1. The van der Waals surface area contributed by atoms with Crippen LogP contribution in [0.3, 0.4) is 0 Å². The van der Waals surface area contributed by atoms with Crippen LogP contribution in [0, 0.1) is 5.92 Å². The van der Waals surface area contributed by atoms with Gasteiger partial charge in [-0.25, -0.2) is 8.78 Å². The Morgan fingerprint density at radius 1 is 1.46 bits per heavy atom. The van der Waals surface area contributed by atoms with Crippen LogP contribution in [-0.4, -0.2) is 10.2 Å². The largest absolute Gasteiger partial charge is 0.282 e. The third-order valence-corrected chi connectivity index (χ3v) is 1.96. The average Bonchev–Trinajstić information content (AvgIpc) is 2.47. The minimum absolute atomic E-state index is 0.0423. The van der Waals surface area contributed by atoms with Crippen molar-refractivity contribution in [3.63, 3.8) is 0 Å². The van der Waals surface area contributed by atoms with Crippen LogP contribution >= 0.6 is 0 Å². The van der Waals surface area contributed by atoms with Gasteiger partial charge in [-0.1, -0.05) is 13.8 Å². The molecule has 0 bridgehead atoms. The Bertz CT molecular complexity index is 256. The SMILES string of the molecule is CC(C)CCc1[nH]ncc1C(F)F. The highest BCUT2D eigenvalue weighted by Gasteiger charge is 2.14. The van der Waals surface area contributed by atoms with E-state index < -0.39 is 6.43 Å². The van der Waals surface area contributed by atoms with Crippen molar-refractivity contribution in [1.82, 2.24) is 10.2 Å². The number of H-pyrrole nitrogens is 1. The van der Waals surface area contributed by atoms with E-state index in [0.717, 1.165) is 6.42 Å². The maximum Gasteiger partial charge on any atom is 0.267 e. The lowest BCUT2D eigenvalue weighted by Crippen LogP contribution is -1.96. The lowest BCUT2D eigenvalue weighted by Gasteiger charge is -2.04. The summed E-state index contributed by atoms with van der Waals surface area (Å²) in [6, 6.07) is 0. The van der Waals surface area contributed by atoms with Crippen LogP contribution in [0.25, 0.3) is 0 Å². The quantitative estimate of drug-likeness (QED) is 0.773. The molecule has 13 heavy (non-hydrogen) atoms. The Morgan fingerprint density at radius 3 is 2.69 bits per heavy atom. The number of rotatable bonds is 4. The highest BCUT2D eigenvalue weighted by Crippen LogP contribution is 2.22. The summed E-state index contributed by atoms with van der Waals surface area (Å²) in [7, 11) is 0. The van der Waals surface area contributed by atoms with Gasteiger partial charge in [0.1, 0.15) is 0 Å². The summed E-state index contributed by atoms with van der Waals surface area (Å²) < 4.78 is 24.7. The summed E-state index contributed by atoms with van der Waals surface area (Å²) in [5.41, 5.74) is 0.615. The van der Waals surface area contributed by atoms with E-state index in [-0.39, 0.29) is 5.56 Å². The van der Waals surface area contributed by atoms with E-state index in [0.29, 0.717) is 18.0 Å². The van der Waals surface area contributed by atoms with Gasteiger partial charge in [-0.05, 0) is 18.8 Å². The van der Waals surface area contributed by atoms with Gasteiger partial charge in [0.25, 0.3) is 6.43 Å². The smallest absolute Gasteiger partial charge is 0.267 e. The lowest BCUT2D eigenvalue weighted by molar-refractivity contribution is 0.150. The third-order valence-electron chi connectivity index (χ3n) is 1.96. The van der Waals surface area contributed by atoms with Gasteiger partial charge < -0.3 is 0 Å². The zero-order valence-corrected chi connectivity index (χ0v) is 7.85. The minimum atomic E-state index is -2.42. The van der Waals surface area contributed by atoms with Crippen molar-refractivity contribution >= 4 is 0 Å². The van der Waals surface area contributed by atoms with Gasteiger partial charge in [-0.2, -0.15) is 5.10 Å². The summed E-state index contributed by atoms with van der Waals surface area (Å²) in [6.07, 6.45) is 0.348. The van der Waals surface area contributed by atoms with Gasteiger partial charge in [0.2, 0.25) is 0 Å². The van der Waals surface area contributed by atoms with E-state index >= 15 is 0 Å². The fraction of sp³-hybridized carbons (Fsp3) is 0.667. The monoisotopic (exact) mass is 188 g/mol. The van der Waals surface area contributed by atoms with Gasteiger partial charge in [0.05, 0.1) is 11.8 Å². The summed E-state index contributed by atoms with van der Waals surface area (Å²) >= 11 is 0. The molecule has 0 aliphatic rings. The number of aryl methyl sites for hydroxylation is 1. The van der Waals surface area contributed by atoms with Gasteiger partial charge in [-0.3, -0.25) is 5.10 Å². The Labute approximate surface area is 76.3 Å². The third kappa shape index (κ3) is 2.79. The van der Waals surface area contributed by atoms with E-state index in [1.165, 1.54) is 6.20 Å². The van der Waals surface area contributed by atoms with Gasteiger partial charge in [0, 0.05) is 5.69 Å². The van der Waals surface area contributed by atoms with E-state index in [4.69, 9.17) is 0 Å². The number of nitrogens with one attached hydrogen (secondary N) is 1. The molecule has 1 aromatic heterocycles. The maximum absolute atomic E-state index is 12.3. The molecule has 0 amide bonds. The van der Waals surface area contributed by atoms with Crippen molar-refractivity contribution in [3.05, 3.63) is 17.5 Å². The molecule has 0 aliphatic carbocycles. The zero-order chi connectivity index (χ0) is 9.84. The summed E-state index contributed by atoms with van der Waals surface area (Å²) in [4.78, 5) is 0. The molecule has 0 saturated heterocycles. The number of nitrogens with zero attached hydrogens (tertiary/aromatic N) is 1. The van der Waals surface area contributed by atoms with Gasteiger partial charge in [-0.15, -0.1) is 0 Å². The fourth-order valence-corrected chi connectivity index (χ4v) is 1.14. The van der Waals surface area contributed by atoms with E-state index in [1.54, 1.807) is 0 Å². The molecule has 4 heteroatoms. The van der Waals surface area contributed by atoms with Crippen molar-refractivity contribution in [2.24, 2.45) is 5.92 Å². The van der Waals surface area contributed by atoms with E-state index in [9.17, 15) is 8.78 Å². The molecule has 0 spiro atoms. The van der Waals surface area contributed by atoms with Crippen LogP contribution in [0.5, 0.6) is 0 Å². The van der Waals surface area contributed by atoms with Gasteiger partial charge in [0.15, 0.2) is 0 Å². The Kier molecular flexibility index (Phi) is 3.39. The second kappa shape index (κ2) is 4.35. The molecular weight excluding hydrogens is 174 g/mol. The predicted molar refractivity (Wildman–Crippen MR) is 46.7 cm³/mol. The number of alkyl halides is 2. The average molecular weight is 188 g/mol. The molecule has 74 valence electrons. The van der Waals surface area contributed by atoms with Crippen molar-refractivity contribution < 1.29 is 8.78 Å². The number of hydrogen-bond acceptors (Lipinski definition) is 1. The van der Waals surface area contributed by atoms with E-state index in [2.05, 4.69) is 24.0 Å². The van der Waals surface area contributed by atoms with Crippen molar-refractivity contribution in [1.29, 1.82) is 0 Å². The molecule has 1 aromatic rings. The van der Waals surface area contributed by atoms with Crippen molar-refractivity contribution in [2.45, 2.75) is 33.1 Å². The topological polar surface area (TPSA) is 28.7 Å². The van der Waals surface area contributed by atoms with Crippen LogP contribution in [0.4, 0.5) is 8.78 Å². The van der Waals surface area contributed by atoms with Crippen LogP contribution in [0.2, 0.25) is 0 Å². The molecule has 0 unspecified atom stereocenters. The summed E-state index contributed by atoms with van der Waals surface area (Å²) in [5, 5.41) is 6.23. The molecular formula is C9H14F2N2. The Hall–Kier alpha value is -0.930. The Morgan fingerprint density at radius 2 is 2.15 bits per heavy atom. The minimum Gasteiger partial charge on any atom is -0.282 e. The van der Waals surface area contributed by atoms with Crippen LogP contribution in [0.1, 0.15) is 38.0 Å². The number of aromatic nitrogens is 2. The summed E-state index contributed by atoms with van der Waals surface area (Å²) in [6.45, 7) is 4.14. The van der Waals surface area contributed by atoms with Gasteiger partial charge >= 0.3 is 0 Å². The molecule has 1 rings (SSSR count). The lowest BCUT2D eigenvalue weighted by atomic mass is 10.0. The number of hydrogen-bond donors (Lipinski definition) is 1. The summed E-state index contributed by atoms with van der Waals surface area (Å²) in [5.74, 6) is 0.522. The fourth-order valence-electron chi connectivity index (χ4n) is 1.14. The second-order valence-electron chi connectivity index (χ2n) is 3.54. The first-order valence-corrected chi connectivity index (χ1v) is 4.41. The predicted octanol–water partition coefficient (Wildman–Crippen LogP) is 2.94. The molecule has 0 aromatic carbocycles. The molecule has 0 saturated carbocycles. The molecule has 0 fully saturated rings. The van der Waals surface area contributed by atoms with Crippen LogP contribution in [-0.2, 0) is 6.42 Å². The normalized spacial score (nSPS) is 11.5. The number of halogens is 2. The first-order valence-electron chi connectivity index (χ1n) is 4.41. The molecule has 0 atom stereocenters. The standard InChI is InChI=1S/C9H14F2N2/c1-6(2)3-4-8-7(9(10)11)5-12-13-8/h5-6,9H,3-4H2,1-2H3,(H,12,13). The molecule has 0 aliphatic heterocycles. The first kappa shape index (κ1) is 10.2. The zero-order valence-electron chi connectivity index (χ0n) is 7.85. The van der Waals surface area contributed by atoms with Crippen LogP contribution in [0.15, 0.2) is 6.20 Å². The maximum atomic E-state index is 12.3. The molecule has 1 heterocycles. The molecule has 0 radical (unpaired) electrons.